The average molecular weight is 397 g/mol. The maximum atomic E-state index is 6.48. The molecule has 1 heterocycles. The summed E-state index contributed by atoms with van der Waals surface area (Å²) in [4.78, 5) is 0. The van der Waals surface area contributed by atoms with Gasteiger partial charge in [-0.3, -0.25) is 0 Å². The first-order valence-electron chi connectivity index (χ1n) is 9.20. The van der Waals surface area contributed by atoms with E-state index in [1.54, 1.807) is 0 Å². The third-order valence-electron chi connectivity index (χ3n) is 4.44. The van der Waals surface area contributed by atoms with Crippen molar-refractivity contribution in [1.82, 2.24) is 0 Å². The quantitative estimate of drug-likeness (QED) is 0.531. The van der Waals surface area contributed by atoms with Crippen LogP contribution in [0, 0.1) is 0 Å². The molecule has 0 bridgehead atoms. The van der Waals surface area contributed by atoms with E-state index in [4.69, 9.17) is 30.5 Å². The first-order chi connectivity index (χ1) is 13.8. The first kappa shape index (κ1) is 18.7. The van der Waals surface area contributed by atoms with Crippen molar-refractivity contribution in [2.45, 2.75) is 23.9 Å². The topological polar surface area (TPSA) is 36.9 Å². The van der Waals surface area contributed by atoms with Gasteiger partial charge < -0.3 is 18.9 Å². The molecule has 28 heavy (non-hydrogen) atoms. The maximum Gasteiger partial charge on any atom is 0.178 e. The molecule has 0 N–H and O–H groups in total. The van der Waals surface area contributed by atoms with Gasteiger partial charge in [0.25, 0.3) is 0 Å². The fraction of sp³-hybridized carbons (Fsp3) is 0.217. The first-order valence-corrected chi connectivity index (χ1v) is 9.64. The molecular weight excluding hydrogens is 376 g/mol. The molecule has 0 radical (unpaired) electrons. The van der Waals surface area contributed by atoms with E-state index < -0.39 is 17.8 Å². The molecule has 0 amide bonds. The molecule has 3 aromatic carbocycles. The second-order valence-electron chi connectivity index (χ2n) is 6.44. The van der Waals surface area contributed by atoms with Crippen LogP contribution in [0.4, 0.5) is 0 Å². The lowest BCUT2D eigenvalue weighted by atomic mass is 10.1. The summed E-state index contributed by atoms with van der Waals surface area (Å²) in [5, 5.41) is 0. The van der Waals surface area contributed by atoms with Crippen molar-refractivity contribution in [3.63, 3.8) is 0 Å². The van der Waals surface area contributed by atoms with Crippen LogP contribution in [0.25, 0.3) is 0 Å². The second kappa shape index (κ2) is 9.00. The minimum atomic E-state index is -0.654. The molecule has 3 aromatic rings. The summed E-state index contributed by atoms with van der Waals surface area (Å²) >= 11 is 6.48. The Hall–Kier alpha value is -2.69. The Morgan fingerprint density at radius 1 is 0.643 bits per heavy atom. The van der Waals surface area contributed by atoms with Gasteiger partial charge in [0.2, 0.25) is 0 Å². The number of ether oxygens (including phenoxy) is 4. The highest BCUT2D eigenvalue weighted by Gasteiger charge is 2.48. The number of benzene rings is 3. The van der Waals surface area contributed by atoms with Crippen molar-refractivity contribution in [3.8, 4) is 17.2 Å². The van der Waals surface area contributed by atoms with Gasteiger partial charge in [0, 0.05) is 0 Å². The maximum absolute atomic E-state index is 6.48. The summed E-state index contributed by atoms with van der Waals surface area (Å²) in [5.41, 5.74) is -0.654. The lowest BCUT2D eigenvalue weighted by molar-refractivity contribution is 0.00943. The standard InChI is InChI=1S/C23H21ClO4/c24-23-22(27-19-14-8-3-9-15-19)21(26-18-12-6-2-7-13-18)20(28-23)16-25-17-10-4-1-5-11-17/h1-15,20-23H,16H2/t20-,21-,22+,23?/m1/s1. The van der Waals surface area contributed by atoms with E-state index in [1.165, 1.54) is 0 Å². The van der Waals surface area contributed by atoms with E-state index >= 15 is 0 Å². The third kappa shape index (κ3) is 4.58. The molecule has 1 saturated heterocycles. The van der Waals surface area contributed by atoms with Crippen molar-refractivity contribution >= 4 is 11.6 Å². The minimum Gasteiger partial charge on any atom is -0.491 e. The molecule has 1 aliphatic heterocycles. The number of rotatable bonds is 7. The van der Waals surface area contributed by atoms with Crippen LogP contribution >= 0.6 is 11.6 Å². The van der Waals surface area contributed by atoms with Crippen LogP contribution in [0.1, 0.15) is 0 Å². The second-order valence-corrected chi connectivity index (χ2v) is 6.87. The van der Waals surface area contributed by atoms with Crippen LogP contribution in [0.15, 0.2) is 91.0 Å². The SMILES string of the molecule is ClC1O[C@H](COc2ccccc2)[C@@H](Oc2ccccc2)[C@@H]1Oc1ccccc1. The Morgan fingerprint density at radius 3 is 1.64 bits per heavy atom. The third-order valence-corrected chi connectivity index (χ3v) is 4.79. The Balaban J connectivity index is 1.52. The van der Waals surface area contributed by atoms with Gasteiger partial charge in [-0.05, 0) is 36.4 Å². The number of halogens is 1. The summed E-state index contributed by atoms with van der Waals surface area (Å²) in [6, 6.07) is 28.7. The monoisotopic (exact) mass is 396 g/mol. The van der Waals surface area contributed by atoms with Gasteiger partial charge in [-0.15, -0.1) is 0 Å². The van der Waals surface area contributed by atoms with E-state index in [-0.39, 0.29) is 6.10 Å². The molecule has 144 valence electrons. The summed E-state index contributed by atoms with van der Waals surface area (Å²) in [6.45, 7) is 0.305. The smallest absolute Gasteiger partial charge is 0.178 e. The van der Waals surface area contributed by atoms with E-state index in [9.17, 15) is 0 Å². The molecule has 0 aliphatic carbocycles. The molecule has 5 heteroatoms. The number of hydrogen-bond donors (Lipinski definition) is 0. The van der Waals surface area contributed by atoms with Gasteiger partial charge in [-0.25, -0.2) is 0 Å². The largest absolute Gasteiger partial charge is 0.491 e. The zero-order chi connectivity index (χ0) is 19.2. The molecule has 0 saturated carbocycles. The lowest BCUT2D eigenvalue weighted by Gasteiger charge is -2.25. The number of para-hydroxylation sites is 3. The Bertz CT molecular complexity index is 844. The van der Waals surface area contributed by atoms with Crippen LogP contribution in [0.5, 0.6) is 17.2 Å². The molecule has 1 aliphatic rings. The highest BCUT2D eigenvalue weighted by molar-refractivity contribution is 6.20. The molecule has 4 atom stereocenters. The van der Waals surface area contributed by atoms with E-state index in [1.807, 2.05) is 91.0 Å². The molecule has 1 fully saturated rings. The van der Waals surface area contributed by atoms with E-state index in [0.29, 0.717) is 12.4 Å². The van der Waals surface area contributed by atoms with E-state index in [0.717, 1.165) is 11.5 Å². The summed E-state index contributed by atoms with van der Waals surface area (Å²) < 4.78 is 24.2. The van der Waals surface area contributed by atoms with Gasteiger partial charge >= 0.3 is 0 Å². The summed E-state index contributed by atoms with van der Waals surface area (Å²) in [7, 11) is 0. The number of hydrogen-bond acceptors (Lipinski definition) is 4. The van der Waals surface area contributed by atoms with Gasteiger partial charge in [0.1, 0.15) is 30.0 Å². The Labute approximate surface area is 169 Å². The summed E-state index contributed by atoms with van der Waals surface area (Å²) in [5.74, 6) is 2.21. The predicted molar refractivity (Wildman–Crippen MR) is 108 cm³/mol. The van der Waals surface area contributed by atoms with Crippen molar-refractivity contribution < 1.29 is 18.9 Å². The zero-order valence-electron chi connectivity index (χ0n) is 15.2. The molecular formula is C23H21ClO4. The highest BCUT2D eigenvalue weighted by Crippen LogP contribution is 2.32. The van der Waals surface area contributed by atoms with Crippen molar-refractivity contribution in [1.29, 1.82) is 0 Å². The van der Waals surface area contributed by atoms with Crippen LogP contribution in [-0.2, 0) is 4.74 Å². The Kier molecular flexibility index (Phi) is 6.00. The Morgan fingerprint density at radius 2 is 1.11 bits per heavy atom. The van der Waals surface area contributed by atoms with Crippen LogP contribution in [0.3, 0.4) is 0 Å². The molecule has 4 nitrogen and oxygen atoms in total. The highest BCUT2D eigenvalue weighted by atomic mass is 35.5. The average Bonchev–Trinajstić information content (AvgIpc) is 3.03. The molecule has 0 spiro atoms. The van der Waals surface area contributed by atoms with Crippen molar-refractivity contribution in [2.75, 3.05) is 6.61 Å². The predicted octanol–water partition coefficient (Wildman–Crippen LogP) is 4.92. The zero-order valence-corrected chi connectivity index (χ0v) is 15.9. The normalized spacial score (nSPS) is 23.9. The molecule has 0 aromatic heterocycles. The van der Waals surface area contributed by atoms with Crippen molar-refractivity contribution in [2.24, 2.45) is 0 Å². The lowest BCUT2D eigenvalue weighted by Crippen LogP contribution is -2.42. The van der Waals surface area contributed by atoms with Crippen LogP contribution in [0.2, 0.25) is 0 Å². The van der Waals surface area contributed by atoms with Gasteiger partial charge in [-0.2, -0.15) is 0 Å². The number of alkyl halides is 1. The molecule has 4 rings (SSSR count). The van der Waals surface area contributed by atoms with Gasteiger partial charge in [-0.1, -0.05) is 66.2 Å². The fourth-order valence-corrected chi connectivity index (χ4v) is 3.41. The minimum absolute atomic E-state index is 0.305. The summed E-state index contributed by atoms with van der Waals surface area (Å²) in [6.07, 6.45) is -1.28. The van der Waals surface area contributed by atoms with Crippen LogP contribution in [-0.4, -0.2) is 30.5 Å². The van der Waals surface area contributed by atoms with E-state index in [2.05, 4.69) is 0 Å². The van der Waals surface area contributed by atoms with Gasteiger partial charge in [0.15, 0.2) is 17.8 Å². The van der Waals surface area contributed by atoms with Gasteiger partial charge in [0.05, 0.1) is 0 Å². The molecule has 1 unspecified atom stereocenters. The van der Waals surface area contributed by atoms with Crippen LogP contribution < -0.4 is 14.2 Å². The fourth-order valence-electron chi connectivity index (χ4n) is 3.09. The van der Waals surface area contributed by atoms with Crippen molar-refractivity contribution in [3.05, 3.63) is 91.0 Å².